The van der Waals surface area contributed by atoms with Gasteiger partial charge < -0.3 is 9.84 Å². The highest BCUT2D eigenvalue weighted by atomic mass is 32.2. The SMILES string of the molecule is CS(=O)(=O)Nc1ccccc1CNC(=O)CCCc1nc(-c2ccc(F)cc2)no1. The third kappa shape index (κ3) is 6.38. The van der Waals surface area contributed by atoms with E-state index >= 15 is 0 Å². The summed E-state index contributed by atoms with van der Waals surface area (Å²) in [6.07, 6.45) is 2.24. The number of amides is 1. The number of benzene rings is 2. The Labute approximate surface area is 173 Å². The van der Waals surface area contributed by atoms with Gasteiger partial charge in [0.2, 0.25) is 27.6 Å². The van der Waals surface area contributed by atoms with E-state index in [1.54, 1.807) is 36.4 Å². The fraction of sp³-hybridized carbons (Fsp3) is 0.250. The van der Waals surface area contributed by atoms with Crippen LogP contribution in [0.2, 0.25) is 0 Å². The van der Waals surface area contributed by atoms with Crippen molar-refractivity contribution < 1.29 is 22.1 Å². The van der Waals surface area contributed by atoms with Gasteiger partial charge in [-0.25, -0.2) is 12.8 Å². The number of sulfonamides is 1. The van der Waals surface area contributed by atoms with Crippen molar-refractivity contribution in [1.82, 2.24) is 15.5 Å². The number of hydrogen-bond acceptors (Lipinski definition) is 6. The molecule has 2 aromatic carbocycles. The minimum Gasteiger partial charge on any atom is -0.352 e. The summed E-state index contributed by atoms with van der Waals surface area (Å²) in [6.45, 7) is 0.201. The van der Waals surface area contributed by atoms with E-state index in [0.717, 1.165) is 6.26 Å². The minimum absolute atomic E-state index is 0.178. The third-order valence-electron chi connectivity index (χ3n) is 4.15. The van der Waals surface area contributed by atoms with E-state index in [-0.39, 0.29) is 24.7 Å². The maximum Gasteiger partial charge on any atom is 0.229 e. The molecule has 0 bridgehead atoms. The van der Waals surface area contributed by atoms with Crippen molar-refractivity contribution in [2.75, 3.05) is 11.0 Å². The van der Waals surface area contributed by atoms with Crippen molar-refractivity contribution >= 4 is 21.6 Å². The van der Waals surface area contributed by atoms with Crippen LogP contribution in [0.25, 0.3) is 11.4 Å². The molecule has 10 heteroatoms. The number of hydrogen-bond donors (Lipinski definition) is 2. The first-order valence-electron chi connectivity index (χ1n) is 9.21. The van der Waals surface area contributed by atoms with Crippen molar-refractivity contribution in [3.63, 3.8) is 0 Å². The highest BCUT2D eigenvalue weighted by Crippen LogP contribution is 2.18. The smallest absolute Gasteiger partial charge is 0.229 e. The summed E-state index contributed by atoms with van der Waals surface area (Å²) in [5.41, 5.74) is 1.74. The zero-order chi connectivity index (χ0) is 21.6. The van der Waals surface area contributed by atoms with Crippen LogP contribution in [0.5, 0.6) is 0 Å². The van der Waals surface area contributed by atoms with Gasteiger partial charge in [-0.05, 0) is 42.3 Å². The summed E-state index contributed by atoms with van der Waals surface area (Å²) in [5, 5.41) is 6.64. The van der Waals surface area contributed by atoms with Gasteiger partial charge in [-0.1, -0.05) is 23.4 Å². The molecule has 3 rings (SSSR count). The molecule has 158 valence electrons. The first-order chi connectivity index (χ1) is 14.3. The van der Waals surface area contributed by atoms with Gasteiger partial charge in [0, 0.05) is 24.9 Å². The Hall–Kier alpha value is -3.27. The summed E-state index contributed by atoms with van der Waals surface area (Å²) >= 11 is 0. The zero-order valence-corrected chi connectivity index (χ0v) is 17.1. The molecule has 8 nitrogen and oxygen atoms in total. The van der Waals surface area contributed by atoms with Crippen molar-refractivity contribution in [3.8, 4) is 11.4 Å². The Morgan fingerprint density at radius 3 is 2.60 bits per heavy atom. The fourth-order valence-electron chi connectivity index (χ4n) is 2.73. The predicted molar refractivity (Wildman–Crippen MR) is 109 cm³/mol. The van der Waals surface area contributed by atoms with Crippen LogP contribution in [0.1, 0.15) is 24.3 Å². The molecule has 1 amide bonds. The molecule has 0 saturated carbocycles. The topological polar surface area (TPSA) is 114 Å². The van der Waals surface area contributed by atoms with Gasteiger partial charge in [0.05, 0.1) is 11.9 Å². The Morgan fingerprint density at radius 1 is 1.13 bits per heavy atom. The lowest BCUT2D eigenvalue weighted by molar-refractivity contribution is -0.121. The van der Waals surface area contributed by atoms with E-state index in [9.17, 15) is 17.6 Å². The third-order valence-corrected chi connectivity index (χ3v) is 4.74. The second kappa shape index (κ2) is 9.49. The second-order valence-corrected chi connectivity index (χ2v) is 8.43. The molecule has 2 N–H and O–H groups in total. The molecule has 0 aliphatic rings. The molecule has 0 radical (unpaired) electrons. The van der Waals surface area contributed by atoms with Crippen LogP contribution in [0.15, 0.2) is 53.1 Å². The average molecular weight is 432 g/mol. The Balaban J connectivity index is 1.47. The van der Waals surface area contributed by atoms with Crippen LogP contribution in [0, 0.1) is 5.82 Å². The van der Waals surface area contributed by atoms with Gasteiger partial charge in [-0.15, -0.1) is 0 Å². The number of nitrogens with zero attached hydrogens (tertiary/aromatic N) is 2. The van der Waals surface area contributed by atoms with Gasteiger partial charge in [0.1, 0.15) is 5.82 Å². The molecule has 0 fully saturated rings. The maximum absolute atomic E-state index is 13.0. The number of carbonyl (C=O) groups excluding carboxylic acids is 1. The van der Waals surface area contributed by atoms with Gasteiger partial charge in [-0.2, -0.15) is 4.98 Å². The number of aromatic nitrogens is 2. The molecular formula is C20H21FN4O4S. The maximum atomic E-state index is 13.0. The van der Waals surface area contributed by atoms with Crippen LogP contribution in [-0.4, -0.2) is 30.7 Å². The summed E-state index contributed by atoms with van der Waals surface area (Å²) in [6, 6.07) is 12.6. The lowest BCUT2D eigenvalue weighted by Gasteiger charge is -2.11. The number of anilines is 1. The standard InChI is InChI=1S/C20H21FN4O4S/c1-30(27,28)25-17-6-3-2-5-15(17)13-22-18(26)7-4-8-19-23-20(24-29-19)14-9-11-16(21)12-10-14/h2-3,5-6,9-12,25H,4,7-8,13H2,1H3,(H,22,26). The van der Waals surface area contributed by atoms with Crippen molar-refractivity contribution in [1.29, 1.82) is 0 Å². The monoisotopic (exact) mass is 432 g/mol. The van der Waals surface area contributed by atoms with Gasteiger partial charge in [0.25, 0.3) is 0 Å². The minimum atomic E-state index is -3.41. The second-order valence-electron chi connectivity index (χ2n) is 6.68. The van der Waals surface area contributed by atoms with Crippen molar-refractivity contribution in [2.45, 2.75) is 25.8 Å². The highest BCUT2D eigenvalue weighted by molar-refractivity contribution is 7.92. The number of rotatable bonds is 9. The average Bonchev–Trinajstić information content (AvgIpc) is 3.15. The van der Waals surface area contributed by atoms with Crippen LogP contribution < -0.4 is 10.0 Å². The number of carbonyl (C=O) groups is 1. The summed E-state index contributed by atoms with van der Waals surface area (Å²) in [5.74, 6) is 0.236. The molecule has 0 unspecified atom stereocenters. The lowest BCUT2D eigenvalue weighted by atomic mass is 10.1. The molecule has 0 atom stereocenters. The quantitative estimate of drug-likeness (QED) is 0.537. The Bertz CT molecular complexity index is 1110. The largest absolute Gasteiger partial charge is 0.352 e. The van der Waals surface area contributed by atoms with Crippen molar-refractivity contribution in [3.05, 3.63) is 65.8 Å². The number of halogens is 1. The van der Waals surface area contributed by atoms with E-state index in [0.29, 0.717) is 41.4 Å². The normalized spacial score (nSPS) is 11.3. The van der Waals surface area contributed by atoms with E-state index in [2.05, 4.69) is 20.2 Å². The van der Waals surface area contributed by atoms with Crippen molar-refractivity contribution in [2.24, 2.45) is 0 Å². The molecule has 1 aromatic heterocycles. The first-order valence-corrected chi connectivity index (χ1v) is 11.1. The molecule has 1 heterocycles. The van der Waals surface area contributed by atoms with Gasteiger partial charge >= 0.3 is 0 Å². The molecular weight excluding hydrogens is 411 g/mol. The first kappa shape index (κ1) is 21.4. The highest BCUT2D eigenvalue weighted by Gasteiger charge is 2.11. The Morgan fingerprint density at radius 2 is 1.87 bits per heavy atom. The van der Waals surface area contributed by atoms with Gasteiger partial charge in [-0.3, -0.25) is 9.52 Å². The molecule has 0 aliphatic heterocycles. The van der Waals surface area contributed by atoms with E-state index < -0.39 is 10.0 Å². The molecule has 0 aliphatic carbocycles. The molecule has 0 spiro atoms. The summed E-state index contributed by atoms with van der Waals surface area (Å²) < 4.78 is 43.5. The number of nitrogens with one attached hydrogen (secondary N) is 2. The molecule has 0 saturated heterocycles. The van der Waals surface area contributed by atoms with E-state index in [4.69, 9.17) is 4.52 Å². The zero-order valence-electron chi connectivity index (χ0n) is 16.3. The van der Waals surface area contributed by atoms with Crippen LogP contribution >= 0.6 is 0 Å². The van der Waals surface area contributed by atoms with E-state index in [1.165, 1.54) is 12.1 Å². The number of para-hydroxylation sites is 1. The summed E-state index contributed by atoms with van der Waals surface area (Å²) in [4.78, 5) is 16.4. The van der Waals surface area contributed by atoms with Crippen LogP contribution in [0.3, 0.4) is 0 Å². The van der Waals surface area contributed by atoms with Gasteiger partial charge in [0.15, 0.2) is 0 Å². The lowest BCUT2D eigenvalue weighted by Crippen LogP contribution is -2.23. The van der Waals surface area contributed by atoms with E-state index in [1.807, 2.05) is 0 Å². The number of aryl methyl sites for hydroxylation is 1. The Kier molecular flexibility index (Phi) is 6.78. The predicted octanol–water partition coefficient (Wildman–Crippen LogP) is 2.89. The fourth-order valence-corrected chi connectivity index (χ4v) is 3.33. The molecule has 3 aromatic rings. The van der Waals surface area contributed by atoms with Crippen LogP contribution in [0.4, 0.5) is 10.1 Å². The van der Waals surface area contributed by atoms with Crippen LogP contribution in [-0.2, 0) is 27.8 Å². The molecule has 30 heavy (non-hydrogen) atoms. The summed E-state index contributed by atoms with van der Waals surface area (Å²) in [7, 11) is -3.41.